The minimum Gasteiger partial charge on any atom is -0.306 e. The number of nitrogens with one attached hydrogen (secondary N) is 1. The summed E-state index contributed by atoms with van der Waals surface area (Å²) >= 11 is 1.82. The molecule has 122 valence electrons. The SMILES string of the molecule is CCCN(CCc1cccs1)CCn1c(=O)[nH]c2ccccc21. The first-order valence-electron chi connectivity index (χ1n) is 8.20. The Kier molecular flexibility index (Phi) is 5.31. The van der Waals surface area contributed by atoms with Gasteiger partial charge < -0.3 is 9.88 Å². The van der Waals surface area contributed by atoms with Crippen molar-refractivity contribution in [1.82, 2.24) is 14.5 Å². The van der Waals surface area contributed by atoms with Crippen molar-refractivity contribution in [2.45, 2.75) is 26.3 Å². The molecule has 3 rings (SSSR count). The maximum atomic E-state index is 12.1. The quantitative estimate of drug-likeness (QED) is 0.688. The highest BCUT2D eigenvalue weighted by molar-refractivity contribution is 7.09. The second-order valence-corrected chi connectivity index (χ2v) is 6.80. The number of nitrogens with zero attached hydrogens (tertiary/aromatic N) is 2. The molecular weight excluding hydrogens is 306 g/mol. The first-order chi connectivity index (χ1) is 11.3. The first-order valence-corrected chi connectivity index (χ1v) is 9.08. The molecule has 0 saturated carbocycles. The van der Waals surface area contributed by atoms with Gasteiger partial charge in [0.15, 0.2) is 0 Å². The van der Waals surface area contributed by atoms with E-state index in [1.165, 1.54) is 4.88 Å². The number of benzene rings is 1. The monoisotopic (exact) mass is 329 g/mol. The third-order valence-corrected chi connectivity index (χ3v) is 5.05. The van der Waals surface area contributed by atoms with E-state index in [0.29, 0.717) is 0 Å². The molecule has 3 aromatic rings. The fraction of sp³-hybridized carbons (Fsp3) is 0.389. The van der Waals surface area contributed by atoms with Gasteiger partial charge in [0, 0.05) is 24.5 Å². The lowest BCUT2D eigenvalue weighted by Gasteiger charge is -2.21. The van der Waals surface area contributed by atoms with Crippen molar-refractivity contribution in [2.75, 3.05) is 19.6 Å². The standard InChI is InChI=1S/C18H23N3OS/c1-2-10-20(11-9-15-6-5-14-23-15)12-13-21-17-8-4-3-7-16(17)19-18(21)22/h3-8,14H,2,9-13H2,1H3,(H,19,22). The summed E-state index contributed by atoms with van der Waals surface area (Å²) in [6, 6.07) is 12.2. The van der Waals surface area contributed by atoms with Gasteiger partial charge in [-0.25, -0.2) is 4.79 Å². The zero-order valence-electron chi connectivity index (χ0n) is 13.5. The minimum atomic E-state index is -0.0131. The molecule has 0 atom stereocenters. The molecule has 2 aromatic heterocycles. The predicted octanol–water partition coefficient (Wildman–Crippen LogP) is 3.35. The van der Waals surface area contributed by atoms with Gasteiger partial charge in [0.2, 0.25) is 0 Å². The number of hydrogen-bond donors (Lipinski definition) is 1. The maximum absolute atomic E-state index is 12.1. The average molecular weight is 329 g/mol. The average Bonchev–Trinajstić information content (AvgIpc) is 3.17. The van der Waals surface area contributed by atoms with Crippen molar-refractivity contribution in [3.63, 3.8) is 0 Å². The molecule has 0 aliphatic heterocycles. The number of imidazole rings is 1. The van der Waals surface area contributed by atoms with Gasteiger partial charge in [0.05, 0.1) is 11.0 Å². The fourth-order valence-electron chi connectivity index (χ4n) is 2.94. The van der Waals surface area contributed by atoms with Crippen LogP contribution < -0.4 is 5.69 Å². The second-order valence-electron chi connectivity index (χ2n) is 5.77. The molecule has 0 spiro atoms. The van der Waals surface area contributed by atoms with Crippen LogP contribution in [0.4, 0.5) is 0 Å². The summed E-state index contributed by atoms with van der Waals surface area (Å²) in [7, 11) is 0. The van der Waals surface area contributed by atoms with E-state index >= 15 is 0 Å². The molecule has 4 nitrogen and oxygen atoms in total. The zero-order valence-corrected chi connectivity index (χ0v) is 14.3. The van der Waals surface area contributed by atoms with Crippen molar-refractivity contribution in [1.29, 1.82) is 0 Å². The number of aromatic nitrogens is 2. The largest absolute Gasteiger partial charge is 0.326 e. The molecule has 1 N–H and O–H groups in total. The van der Waals surface area contributed by atoms with E-state index in [0.717, 1.165) is 50.1 Å². The highest BCUT2D eigenvalue weighted by Gasteiger charge is 2.09. The van der Waals surface area contributed by atoms with Crippen LogP contribution in [0.1, 0.15) is 18.2 Å². The molecule has 0 saturated heterocycles. The Bertz CT molecular complexity index is 788. The van der Waals surface area contributed by atoms with E-state index in [1.807, 2.05) is 40.2 Å². The Labute approximate surface area is 140 Å². The number of fused-ring (bicyclic) bond motifs is 1. The van der Waals surface area contributed by atoms with Crippen molar-refractivity contribution < 1.29 is 0 Å². The Balaban J connectivity index is 1.65. The van der Waals surface area contributed by atoms with Gasteiger partial charge in [-0.1, -0.05) is 25.1 Å². The lowest BCUT2D eigenvalue weighted by Crippen LogP contribution is -2.32. The molecule has 0 fully saturated rings. The van der Waals surface area contributed by atoms with E-state index in [9.17, 15) is 4.79 Å². The molecule has 0 unspecified atom stereocenters. The smallest absolute Gasteiger partial charge is 0.306 e. The van der Waals surface area contributed by atoms with Gasteiger partial charge in [0.25, 0.3) is 0 Å². The van der Waals surface area contributed by atoms with E-state index in [2.05, 4.69) is 34.3 Å². The zero-order chi connectivity index (χ0) is 16.1. The Morgan fingerprint density at radius 3 is 2.78 bits per heavy atom. The molecule has 0 amide bonds. The van der Waals surface area contributed by atoms with Crippen LogP contribution in [-0.2, 0) is 13.0 Å². The summed E-state index contributed by atoms with van der Waals surface area (Å²) < 4.78 is 1.85. The van der Waals surface area contributed by atoms with Crippen LogP contribution in [0, 0.1) is 0 Å². The normalized spacial score (nSPS) is 11.6. The van der Waals surface area contributed by atoms with Crippen LogP contribution in [0.3, 0.4) is 0 Å². The third kappa shape index (κ3) is 3.92. The van der Waals surface area contributed by atoms with Gasteiger partial charge in [-0.05, 0) is 43.0 Å². The summed E-state index contributed by atoms with van der Waals surface area (Å²) in [5.74, 6) is 0. The number of hydrogen-bond acceptors (Lipinski definition) is 3. The van der Waals surface area contributed by atoms with Gasteiger partial charge in [-0.15, -0.1) is 11.3 Å². The number of H-pyrrole nitrogens is 1. The topological polar surface area (TPSA) is 41.0 Å². The van der Waals surface area contributed by atoms with Crippen molar-refractivity contribution in [3.05, 3.63) is 57.1 Å². The number of para-hydroxylation sites is 2. The van der Waals surface area contributed by atoms with Gasteiger partial charge in [-0.3, -0.25) is 4.57 Å². The van der Waals surface area contributed by atoms with Crippen LogP contribution in [0.2, 0.25) is 0 Å². The predicted molar refractivity (Wildman–Crippen MR) is 97.3 cm³/mol. The highest BCUT2D eigenvalue weighted by Crippen LogP contribution is 2.11. The second kappa shape index (κ2) is 7.62. The van der Waals surface area contributed by atoms with Crippen molar-refractivity contribution >= 4 is 22.4 Å². The summed E-state index contributed by atoms with van der Waals surface area (Å²) in [5.41, 5.74) is 1.89. The Morgan fingerprint density at radius 1 is 1.13 bits per heavy atom. The van der Waals surface area contributed by atoms with E-state index in [1.54, 1.807) is 0 Å². The molecule has 1 aromatic carbocycles. The first kappa shape index (κ1) is 16.0. The maximum Gasteiger partial charge on any atom is 0.326 e. The van der Waals surface area contributed by atoms with Gasteiger partial charge in [-0.2, -0.15) is 0 Å². The molecule has 0 bridgehead atoms. The van der Waals surface area contributed by atoms with Gasteiger partial charge in [0.1, 0.15) is 0 Å². The molecule has 5 heteroatoms. The molecule has 2 heterocycles. The lowest BCUT2D eigenvalue weighted by molar-refractivity contribution is 0.267. The molecule has 0 radical (unpaired) electrons. The molecule has 23 heavy (non-hydrogen) atoms. The number of aromatic amines is 1. The van der Waals surface area contributed by atoms with Crippen LogP contribution in [0.5, 0.6) is 0 Å². The van der Waals surface area contributed by atoms with Crippen molar-refractivity contribution in [3.8, 4) is 0 Å². The number of thiophene rings is 1. The van der Waals surface area contributed by atoms with Crippen LogP contribution in [0.25, 0.3) is 11.0 Å². The highest BCUT2D eigenvalue weighted by atomic mass is 32.1. The van der Waals surface area contributed by atoms with Crippen molar-refractivity contribution in [2.24, 2.45) is 0 Å². The summed E-state index contributed by atoms with van der Waals surface area (Å²) in [5, 5.41) is 2.13. The summed E-state index contributed by atoms with van der Waals surface area (Å²) in [4.78, 5) is 19.0. The van der Waals surface area contributed by atoms with E-state index < -0.39 is 0 Å². The van der Waals surface area contributed by atoms with Gasteiger partial charge >= 0.3 is 5.69 Å². The molecular formula is C18H23N3OS. The Morgan fingerprint density at radius 2 is 2.00 bits per heavy atom. The summed E-state index contributed by atoms with van der Waals surface area (Å²) in [6.07, 6.45) is 2.22. The van der Waals surface area contributed by atoms with E-state index in [-0.39, 0.29) is 5.69 Å². The van der Waals surface area contributed by atoms with Crippen LogP contribution in [-0.4, -0.2) is 34.1 Å². The van der Waals surface area contributed by atoms with Crippen LogP contribution >= 0.6 is 11.3 Å². The fourth-order valence-corrected chi connectivity index (χ4v) is 3.64. The summed E-state index contributed by atoms with van der Waals surface area (Å²) in [6.45, 7) is 5.96. The minimum absolute atomic E-state index is 0.0131. The van der Waals surface area contributed by atoms with Crippen LogP contribution in [0.15, 0.2) is 46.6 Å². The lowest BCUT2D eigenvalue weighted by atomic mass is 10.3. The number of rotatable bonds is 8. The molecule has 0 aliphatic rings. The van der Waals surface area contributed by atoms with E-state index in [4.69, 9.17) is 0 Å². The third-order valence-electron chi connectivity index (χ3n) is 4.12. The molecule has 0 aliphatic carbocycles. The Hall–Kier alpha value is -1.85.